The molecule has 11 heteroatoms. The Morgan fingerprint density at radius 1 is 1.50 bits per heavy atom. The molecule has 0 radical (unpaired) electrons. The Morgan fingerprint density at radius 2 is 2.22 bits per heavy atom. The number of amidine groups is 1. The summed E-state index contributed by atoms with van der Waals surface area (Å²) < 4.78 is 41.3. The number of alkyl halides is 3. The first-order valence-electron chi connectivity index (χ1n) is 4.36. The zero-order chi connectivity index (χ0) is 13.3. The number of nitrogens with zero attached hydrogens (tertiary/aromatic N) is 5. The van der Waals surface area contributed by atoms with Crippen LogP contribution in [0.5, 0.6) is 0 Å². The third-order valence-corrected chi connectivity index (χ3v) is 2.57. The molecular weight excluding hydrogens is 273 g/mol. The Labute approximate surface area is 102 Å². The number of halogens is 3. The lowest BCUT2D eigenvalue weighted by Crippen LogP contribution is -2.18. The number of oxime groups is 1. The normalized spacial score (nSPS) is 12.9. The van der Waals surface area contributed by atoms with Gasteiger partial charge in [-0.1, -0.05) is 5.16 Å². The average molecular weight is 278 g/mol. The molecule has 2 heterocycles. The van der Waals surface area contributed by atoms with E-state index in [4.69, 9.17) is 10.9 Å². The van der Waals surface area contributed by atoms with Gasteiger partial charge in [0.05, 0.1) is 0 Å². The van der Waals surface area contributed by atoms with Gasteiger partial charge in [0.1, 0.15) is 0 Å². The molecular formula is C7H5F3N6OS. The molecule has 0 aromatic carbocycles. The summed E-state index contributed by atoms with van der Waals surface area (Å²) in [6, 6.07) is 0. The van der Waals surface area contributed by atoms with Gasteiger partial charge in [0.15, 0.2) is 5.82 Å². The smallest absolute Gasteiger partial charge is 0.409 e. The van der Waals surface area contributed by atoms with Crippen molar-refractivity contribution in [1.29, 1.82) is 0 Å². The third kappa shape index (κ3) is 2.11. The predicted molar refractivity (Wildman–Crippen MR) is 54.5 cm³/mol. The maximum absolute atomic E-state index is 12.3. The molecule has 0 unspecified atom stereocenters. The van der Waals surface area contributed by atoms with Crippen molar-refractivity contribution in [1.82, 2.24) is 18.9 Å². The van der Waals surface area contributed by atoms with Crippen LogP contribution in [0.4, 0.5) is 13.2 Å². The molecule has 0 spiro atoms. The Bertz CT molecular complexity index is 588. The second-order valence-corrected chi connectivity index (χ2v) is 3.73. The topological polar surface area (TPSA) is 102 Å². The maximum atomic E-state index is 12.3. The summed E-state index contributed by atoms with van der Waals surface area (Å²) in [4.78, 5) is 7.05. The molecule has 0 aliphatic carbocycles. The number of hydrogen-bond acceptors (Lipinski definition) is 6. The summed E-state index contributed by atoms with van der Waals surface area (Å²) >= 11 is 0.526. The van der Waals surface area contributed by atoms with Crippen LogP contribution in [-0.2, 0) is 6.18 Å². The molecule has 0 saturated heterocycles. The van der Waals surface area contributed by atoms with Crippen LogP contribution in [0.3, 0.4) is 0 Å². The van der Waals surface area contributed by atoms with E-state index < -0.39 is 12.0 Å². The van der Waals surface area contributed by atoms with Crippen molar-refractivity contribution in [2.24, 2.45) is 10.9 Å². The van der Waals surface area contributed by atoms with Gasteiger partial charge in [-0.15, -0.1) is 0 Å². The van der Waals surface area contributed by atoms with Crippen LogP contribution >= 0.6 is 11.5 Å². The molecule has 0 amide bonds. The molecule has 0 bridgehead atoms. The summed E-state index contributed by atoms with van der Waals surface area (Å²) in [6.07, 6.45) is -2.01. The minimum atomic E-state index is -4.62. The van der Waals surface area contributed by atoms with E-state index in [2.05, 4.69) is 19.5 Å². The van der Waals surface area contributed by atoms with Crippen LogP contribution in [0.2, 0.25) is 0 Å². The van der Waals surface area contributed by atoms with Crippen LogP contribution < -0.4 is 5.73 Å². The monoisotopic (exact) mass is 278 g/mol. The quantitative estimate of drug-likeness (QED) is 0.367. The fourth-order valence-electron chi connectivity index (χ4n) is 1.12. The van der Waals surface area contributed by atoms with E-state index in [1.165, 1.54) is 12.4 Å². The van der Waals surface area contributed by atoms with Gasteiger partial charge in [-0.25, -0.2) is 4.98 Å². The number of imidazole rings is 1. The van der Waals surface area contributed by atoms with Gasteiger partial charge >= 0.3 is 6.18 Å². The van der Waals surface area contributed by atoms with E-state index in [0.717, 1.165) is 4.57 Å². The fourth-order valence-corrected chi connectivity index (χ4v) is 1.80. The molecule has 0 atom stereocenters. The Morgan fingerprint density at radius 3 is 2.78 bits per heavy atom. The van der Waals surface area contributed by atoms with E-state index in [1.807, 2.05) is 0 Å². The van der Waals surface area contributed by atoms with Crippen molar-refractivity contribution in [3.63, 3.8) is 0 Å². The van der Waals surface area contributed by atoms with Crippen LogP contribution in [0.1, 0.15) is 11.6 Å². The van der Waals surface area contributed by atoms with Crippen LogP contribution in [0, 0.1) is 0 Å². The first kappa shape index (κ1) is 12.3. The van der Waals surface area contributed by atoms with Gasteiger partial charge in [0.25, 0.3) is 0 Å². The van der Waals surface area contributed by atoms with Gasteiger partial charge in [0, 0.05) is 23.9 Å². The van der Waals surface area contributed by atoms with Gasteiger partial charge in [-0.3, -0.25) is 4.57 Å². The van der Waals surface area contributed by atoms with Crippen molar-refractivity contribution in [3.8, 4) is 5.13 Å². The van der Waals surface area contributed by atoms with E-state index >= 15 is 0 Å². The lowest BCUT2D eigenvalue weighted by molar-refractivity contribution is -0.144. The summed E-state index contributed by atoms with van der Waals surface area (Å²) in [6.45, 7) is 0. The van der Waals surface area contributed by atoms with Gasteiger partial charge in [-0.2, -0.15) is 22.5 Å². The molecule has 96 valence electrons. The van der Waals surface area contributed by atoms with Crippen LogP contribution in [0.25, 0.3) is 5.13 Å². The van der Waals surface area contributed by atoms with Gasteiger partial charge in [-0.05, 0) is 0 Å². The van der Waals surface area contributed by atoms with Crippen molar-refractivity contribution >= 4 is 17.4 Å². The molecule has 0 saturated carbocycles. The van der Waals surface area contributed by atoms with Gasteiger partial charge < -0.3 is 10.9 Å². The summed E-state index contributed by atoms with van der Waals surface area (Å²) in [7, 11) is 0. The van der Waals surface area contributed by atoms with Crippen molar-refractivity contribution < 1.29 is 18.4 Å². The molecule has 2 aromatic rings. The molecule has 7 nitrogen and oxygen atoms in total. The standard InChI is InChI=1S/C7H5F3N6OS/c8-7(9,10)5-13-6(18-15-5)16-2-1-12-4(16)3(11)14-17/h1-2,17H,(H2,11,14). The lowest BCUT2D eigenvalue weighted by Gasteiger charge is -2.01. The number of nitrogens with two attached hydrogens (primary N) is 1. The second-order valence-electron chi connectivity index (χ2n) is 3.00. The van der Waals surface area contributed by atoms with Crippen molar-refractivity contribution in [2.45, 2.75) is 6.18 Å². The van der Waals surface area contributed by atoms with Crippen molar-refractivity contribution in [3.05, 3.63) is 24.0 Å². The van der Waals surface area contributed by atoms with E-state index in [-0.39, 0.29) is 16.8 Å². The molecule has 18 heavy (non-hydrogen) atoms. The lowest BCUT2D eigenvalue weighted by atomic mass is 10.5. The summed E-state index contributed by atoms with van der Waals surface area (Å²) in [5.41, 5.74) is 5.32. The Kier molecular flexibility index (Phi) is 2.90. The Hall–Kier alpha value is -2.17. The predicted octanol–water partition coefficient (Wildman–Crippen LogP) is 0.837. The highest BCUT2D eigenvalue weighted by atomic mass is 32.1. The third-order valence-electron chi connectivity index (χ3n) is 1.85. The number of rotatable bonds is 2. The zero-order valence-corrected chi connectivity index (χ0v) is 9.27. The highest BCUT2D eigenvalue weighted by Crippen LogP contribution is 2.28. The van der Waals surface area contributed by atoms with Crippen LogP contribution in [0.15, 0.2) is 17.5 Å². The van der Waals surface area contributed by atoms with E-state index in [1.54, 1.807) is 0 Å². The largest absolute Gasteiger partial charge is 0.452 e. The van der Waals surface area contributed by atoms with Crippen molar-refractivity contribution in [2.75, 3.05) is 0 Å². The second kappa shape index (κ2) is 4.25. The molecule has 2 aromatic heterocycles. The molecule has 3 N–H and O–H groups in total. The molecule has 2 rings (SSSR count). The summed E-state index contributed by atoms with van der Waals surface area (Å²) in [5, 5.41) is 11.1. The minimum Gasteiger partial charge on any atom is -0.409 e. The average Bonchev–Trinajstić information content (AvgIpc) is 2.94. The molecule has 0 aliphatic rings. The first-order chi connectivity index (χ1) is 8.43. The zero-order valence-electron chi connectivity index (χ0n) is 8.46. The maximum Gasteiger partial charge on any atom is 0.452 e. The Balaban J connectivity index is 2.44. The molecule has 0 aliphatic heterocycles. The van der Waals surface area contributed by atoms with E-state index in [9.17, 15) is 13.2 Å². The van der Waals surface area contributed by atoms with Gasteiger partial charge in [0.2, 0.25) is 16.8 Å². The minimum absolute atomic E-state index is 0.0256. The summed E-state index contributed by atoms with van der Waals surface area (Å²) in [5.74, 6) is -1.62. The highest BCUT2D eigenvalue weighted by molar-refractivity contribution is 7.08. The SMILES string of the molecule is N/C(=N/O)c1nccn1-c1nc(C(F)(F)F)ns1. The van der Waals surface area contributed by atoms with E-state index in [0.29, 0.717) is 11.5 Å². The number of hydrogen-bond donors (Lipinski definition) is 2. The van der Waals surface area contributed by atoms with Crippen LogP contribution in [-0.4, -0.2) is 30.0 Å². The number of aromatic nitrogens is 4. The molecule has 0 fully saturated rings. The fraction of sp³-hybridized carbons (Fsp3) is 0.143. The first-order valence-corrected chi connectivity index (χ1v) is 5.13. The highest BCUT2D eigenvalue weighted by Gasteiger charge is 2.36.